The molecule has 5 nitrogen and oxygen atoms in total. The number of anilines is 3. The summed E-state index contributed by atoms with van der Waals surface area (Å²) in [6, 6.07) is 14.4. The first-order valence-electron chi connectivity index (χ1n) is 10.7. The molecule has 2 aromatic rings. The maximum atomic E-state index is 11.3. The third-order valence-electron chi connectivity index (χ3n) is 5.81. The number of benzene rings is 2. The Bertz CT molecular complexity index is 835. The van der Waals surface area contributed by atoms with Crippen molar-refractivity contribution in [3.05, 3.63) is 53.1 Å². The molecule has 0 unspecified atom stereocenters. The average Bonchev–Trinajstić information content (AvgIpc) is 2.76. The molecule has 1 aliphatic rings. The summed E-state index contributed by atoms with van der Waals surface area (Å²) in [5, 5.41) is 13.6. The molecule has 1 heterocycles. The normalized spacial score (nSPS) is 15.6. The van der Waals surface area contributed by atoms with Crippen LogP contribution in [-0.2, 0) is 9.53 Å². The van der Waals surface area contributed by atoms with Gasteiger partial charge in [-0.2, -0.15) is 0 Å². The van der Waals surface area contributed by atoms with E-state index in [1.807, 2.05) is 31.2 Å². The van der Waals surface area contributed by atoms with E-state index < -0.39 is 5.97 Å². The van der Waals surface area contributed by atoms with E-state index in [4.69, 9.17) is 16.3 Å². The van der Waals surface area contributed by atoms with Crippen LogP contribution in [0.5, 0.6) is 0 Å². The van der Waals surface area contributed by atoms with Crippen LogP contribution in [0.1, 0.15) is 51.0 Å². The van der Waals surface area contributed by atoms with Crippen LogP contribution in [0.2, 0.25) is 5.02 Å². The summed E-state index contributed by atoms with van der Waals surface area (Å²) in [5.74, 6) is -0.781. The quantitative estimate of drug-likeness (QED) is 0.506. The molecule has 0 aliphatic carbocycles. The first-order chi connectivity index (χ1) is 14.5. The molecule has 30 heavy (non-hydrogen) atoms. The Kier molecular flexibility index (Phi) is 8.00. The second kappa shape index (κ2) is 10.7. The van der Waals surface area contributed by atoms with Crippen molar-refractivity contribution in [3.63, 3.8) is 0 Å². The van der Waals surface area contributed by atoms with Crippen LogP contribution in [0, 0.1) is 0 Å². The molecule has 1 atom stereocenters. The van der Waals surface area contributed by atoms with E-state index >= 15 is 0 Å². The molecule has 1 aliphatic heterocycles. The molecule has 2 N–H and O–H groups in total. The number of halogens is 1. The Morgan fingerprint density at radius 1 is 1.20 bits per heavy atom. The number of carboxylic acid groups (broad SMARTS) is 1. The molecular formula is C24H31ClN2O3. The highest BCUT2D eigenvalue weighted by Gasteiger charge is 2.24. The Morgan fingerprint density at radius 2 is 1.90 bits per heavy atom. The van der Waals surface area contributed by atoms with Crippen molar-refractivity contribution < 1.29 is 14.6 Å². The van der Waals surface area contributed by atoms with Gasteiger partial charge < -0.3 is 20.1 Å². The highest BCUT2D eigenvalue weighted by atomic mass is 35.5. The number of nitrogens with one attached hydrogen (secondary N) is 1. The highest BCUT2D eigenvalue weighted by Crippen LogP contribution is 2.36. The van der Waals surface area contributed by atoms with Gasteiger partial charge in [0.25, 0.3) is 0 Å². The lowest BCUT2D eigenvalue weighted by molar-refractivity contribution is -0.137. The number of rotatable bonds is 9. The van der Waals surface area contributed by atoms with E-state index in [1.54, 1.807) is 0 Å². The fourth-order valence-electron chi connectivity index (χ4n) is 4.18. The van der Waals surface area contributed by atoms with Crippen LogP contribution in [-0.4, -0.2) is 36.9 Å². The minimum Gasteiger partial charge on any atom is -0.481 e. The summed E-state index contributed by atoms with van der Waals surface area (Å²) in [7, 11) is 0. The molecule has 0 bridgehead atoms. The van der Waals surface area contributed by atoms with Crippen LogP contribution in [0.25, 0.3) is 0 Å². The molecule has 162 valence electrons. The molecule has 2 aromatic carbocycles. The van der Waals surface area contributed by atoms with Crippen molar-refractivity contribution in [2.45, 2.75) is 51.5 Å². The van der Waals surface area contributed by atoms with Crippen LogP contribution < -0.4 is 10.2 Å². The van der Waals surface area contributed by atoms with E-state index in [0.717, 1.165) is 61.6 Å². The van der Waals surface area contributed by atoms with Crippen molar-refractivity contribution in [1.29, 1.82) is 0 Å². The lowest BCUT2D eigenvalue weighted by Crippen LogP contribution is -2.39. The summed E-state index contributed by atoms with van der Waals surface area (Å²) >= 11 is 6.05. The standard InChI is InChI=1S/C24H31ClN2O3/c1-3-17(16-24(28)29)18-5-10-23(27(4-2)21-11-13-30-14-12-21)22(15-18)26-20-8-6-19(25)7-9-20/h5-10,15,17,21,26H,3-4,11-14,16H2,1-2H3,(H,28,29)/t17-/m0/s1. The van der Waals surface area contributed by atoms with Gasteiger partial charge in [0.05, 0.1) is 17.8 Å². The van der Waals surface area contributed by atoms with Crippen molar-refractivity contribution in [2.24, 2.45) is 0 Å². The van der Waals surface area contributed by atoms with Gasteiger partial charge in [-0.05, 0) is 74.1 Å². The van der Waals surface area contributed by atoms with E-state index in [-0.39, 0.29) is 12.3 Å². The largest absolute Gasteiger partial charge is 0.481 e. The lowest BCUT2D eigenvalue weighted by atomic mass is 9.92. The number of aliphatic carboxylic acids is 1. The Morgan fingerprint density at radius 3 is 2.50 bits per heavy atom. The SMILES string of the molecule is CC[C@@H](CC(=O)O)c1ccc(N(CC)C2CCOCC2)c(Nc2ccc(Cl)cc2)c1. The van der Waals surface area contributed by atoms with E-state index in [9.17, 15) is 9.90 Å². The van der Waals surface area contributed by atoms with Gasteiger partial charge in [0.1, 0.15) is 0 Å². The van der Waals surface area contributed by atoms with Gasteiger partial charge in [-0.1, -0.05) is 24.6 Å². The van der Waals surface area contributed by atoms with E-state index in [0.29, 0.717) is 11.1 Å². The molecule has 6 heteroatoms. The van der Waals surface area contributed by atoms with Gasteiger partial charge in [-0.15, -0.1) is 0 Å². The number of nitrogens with zero attached hydrogens (tertiary/aromatic N) is 1. The van der Waals surface area contributed by atoms with Crippen LogP contribution in [0.4, 0.5) is 17.1 Å². The van der Waals surface area contributed by atoms with Crippen LogP contribution in [0.3, 0.4) is 0 Å². The smallest absolute Gasteiger partial charge is 0.303 e. The molecule has 1 fully saturated rings. The molecule has 0 aromatic heterocycles. The monoisotopic (exact) mass is 430 g/mol. The molecule has 3 rings (SSSR count). The zero-order valence-corrected chi connectivity index (χ0v) is 18.5. The van der Waals surface area contributed by atoms with Gasteiger partial charge in [0.2, 0.25) is 0 Å². The third kappa shape index (κ3) is 5.67. The number of ether oxygens (including phenoxy) is 1. The average molecular weight is 431 g/mol. The van der Waals surface area contributed by atoms with Gasteiger partial charge in [-0.25, -0.2) is 0 Å². The predicted octanol–water partition coefficient (Wildman–Crippen LogP) is 6.06. The maximum absolute atomic E-state index is 11.3. The minimum absolute atomic E-state index is 0.0134. The molecule has 1 saturated heterocycles. The van der Waals surface area contributed by atoms with Crippen LogP contribution >= 0.6 is 11.6 Å². The van der Waals surface area contributed by atoms with E-state index in [2.05, 4.69) is 35.3 Å². The summed E-state index contributed by atoms with van der Waals surface area (Å²) < 4.78 is 5.56. The topological polar surface area (TPSA) is 61.8 Å². The van der Waals surface area contributed by atoms with Gasteiger partial charge in [0.15, 0.2) is 0 Å². The number of carboxylic acids is 1. The maximum Gasteiger partial charge on any atom is 0.303 e. The molecule has 0 amide bonds. The fourth-order valence-corrected chi connectivity index (χ4v) is 4.30. The number of hydrogen-bond donors (Lipinski definition) is 2. The zero-order chi connectivity index (χ0) is 21.5. The molecule has 0 spiro atoms. The molecule has 0 saturated carbocycles. The van der Waals surface area contributed by atoms with Gasteiger partial charge in [-0.3, -0.25) is 4.79 Å². The van der Waals surface area contributed by atoms with Crippen molar-refractivity contribution in [3.8, 4) is 0 Å². The summed E-state index contributed by atoms with van der Waals surface area (Å²) in [6.45, 7) is 6.68. The van der Waals surface area contributed by atoms with Crippen LogP contribution in [0.15, 0.2) is 42.5 Å². The van der Waals surface area contributed by atoms with E-state index in [1.165, 1.54) is 0 Å². The predicted molar refractivity (Wildman–Crippen MR) is 123 cm³/mol. The van der Waals surface area contributed by atoms with Crippen molar-refractivity contribution in [1.82, 2.24) is 0 Å². The zero-order valence-electron chi connectivity index (χ0n) is 17.7. The first kappa shape index (κ1) is 22.4. The highest BCUT2D eigenvalue weighted by molar-refractivity contribution is 6.30. The Balaban J connectivity index is 1.98. The third-order valence-corrected chi connectivity index (χ3v) is 6.06. The second-order valence-electron chi connectivity index (χ2n) is 7.74. The van der Waals surface area contributed by atoms with Crippen molar-refractivity contribution in [2.75, 3.05) is 30.0 Å². The Hall–Kier alpha value is -2.24. The Labute approximate surface area is 184 Å². The first-order valence-corrected chi connectivity index (χ1v) is 11.1. The molecule has 0 radical (unpaired) electrons. The minimum atomic E-state index is -0.768. The molecular weight excluding hydrogens is 400 g/mol. The van der Waals surface area contributed by atoms with Gasteiger partial charge in [0, 0.05) is 36.5 Å². The van der Waals surface area contributed by atoms with Crippen molar-refractivity contribution >= 4 is 34.6 Å². The fraction of sp³-hybridized carbons (Fsp3) is 0.458. The van der Waals surface area contributed by atoms with Gasteiger partial charge >= 0.3 is 5.97 Å². The lowest BCUT2D eigenvalue weighted by Gasteiger charge is -2.37. The summed E-state index contributed by atoms with van der Waals surface area (Å²) in [6.07, 6.45) is 2.93. The summed E-state index contributed by atoms with van der Waals surface area (Å²) in [5.41, 5.74) is 4.12. The summed E-state index contributed by atoms with van der Waals surface area (Å²) in [4.78, 5) is 13.8. The number of hydrogen-bond acceptors (Lipinski definition) is 4. The second-order valence-corrected chi connectivity index (χ2v) is 8.18. The number of carbonyl (C=O) groups is 1.